The van der Waals surface area contributed by atoms with Gasteiger partial charge in [0.25, 0.3) is 0 Å². The van der Waals surface area contributed by atoms with Crippen LogP contribution >= 0.6 is 22.7 Å². The molecule has 0 amide bonds. The molecule has 2 aromatic rings. The van der Waals surface area contributed by atoms with E-state index in [2.05, 4.69) is 54.0 Å². The molecule has 0 fully saturated rings. The number of hydrogen-bond acceptors (Lipinski definition) is 4. The summed E-state index contributed by atoms with van der Waals surface area (Å²) in [5, 5.41) is 8.54. The van der Waals surface area contributed by atoms with Gasteiger partial charge in [-0.05, 0) is 32.2 Å². The summed E-state index contributed by atoms with van der Waals surface area (Å²) in [5.41, 5.74) is 1.15. The van der Waals surface area contributed by atoms with Crippen molar-refractivity contribution in [2.75, 3.05) is 5.32 Å². The number of nitrogens with one attached hydrogen (secondary N) is 1. The van der Waals surface area contributed by atoms with Crippen LogP contribution in [0.3, 0.4) is 0 Å². The molecule has 1 N–H and O–H groups in total. The van der Waals surface area contributed by atoms with E-state index in [0.717, 1.165) is 10.8 Å². The normalized spacial score (nSPS) is 11.7. The lowest BCUT2D eigenvalue weighted by molar-refractivity contribution is 0.633. The zero-order chi connectivity index (χ0) is 10.9. The van der Waals surface area contributed by atoms with Crippen LogP contribution in [0.5, 0.6) is 0 Å². The largest absolute Gasteiger partial charge is 0.357 e. The first-order valence-electron chi connectivity index (χ1n) is 4.82. The van der Waals surface area contributed by atoms with Crippen molar-refractivity contribution in [3.63, 3.8) is 0 Å². The zero-order valence-electron chi connectivity index (χ0n) is 9.07. The minimum absolute atomic E-state index is 0.0740. The lowest BCUT2D eigenvalue weighted by Gasteiger charge is -2.19. The molecule has 0 aliphatic carbocycles. The van der Waals surface area contributed by atoms with Gasteiger partial charge in [0, 0.05) is 10.9 Å². The van der Waals surface area contributed by atoms with Crippen LogP contribution in [0.4, 0.5) is 5.13 Å². The Kier molecular flexibility index (Phi) is 2.80. The Hall–Kier alpha value is -0.870. The number of thiazole rings is 1. The van der Waals surface area contributed by atoms with Gasteiger partial charge in [0.05, 0.1) is 10.6 Å². The van der Waals surface area contributed by atoms with Gasteiger partial charge in [0.1, 0.15) is 0 Å². The lowest BCUT2D eigenvalue weighted by Crippen LogP contribution is -2.25. The van der Waals surface area contributed by atoms with Gasteiger partial charge in [-0.3, -0.25) is 0 Å². The summed E-state index contributed by atoms with van der Waals surface area (Å²) >= 11 is 3.38. The number of aromatic nitrogens is 1. The quantitative estimate of drug-likeness (QED) is 0.852. The molecule has 2 aromatic heterocycles. The summed E-state index contributed by atoms with van der Waals surface area (Å²) < 4.78 is 0. The van der Waals surface area contributed by atoms with Gasteiger partial charge in [-0.2, -0.15) is 0 Å². The molecule has 0 saturated heterocycles. The summed E-state index contributed by atoms with van der Waals surface area (Å²) in [7, 11) is 0. The van der Waals surface area contributed by atoms with E-state index in [0.29, 0.717) is 0 Å². The summed E-state index contributed by atoms with van der Waals surface area (Å²) in [6, 6.07) is 4.15. The average Bonchev–Trinajstić information content (AvgIpc) is 2.68. The highest BCUT2D eigenvalue weighted by Gasteiger charge is 2.12. The van der Waals surface area contributed by atoms with Crippen molar-refractivity contribution in [3.05, 3.63) is 22.9 Å². The molecule has 2 nitrogen and oxygen atoms in total. The average molecular weight is 238 g/mol. The molecule has 0 aliphatic rings. The number of hydrogen-bond donors (Lipinski definition) is 1. The van der Waals surface area contributed by atoms with Gasteiger partial charge >= 0.3 is 0 Å². The van der Waals surface area contributed by atoms with Crippen LogP contribution in [0.1, 0.15) is 20.8 Å². The molecular weight excluding hydrogens is 224 g/mol. The fourth-order valence-electron chi connectivity index (χ4n) is 1.19. The van der Waals surface area contributed by atoms with Crippen molar-refractivity contribution >= 4 is 27.8 Å². The van der Waals surface area contributed by atoms with E-state index >= 15 is 0 Å². The number of nitrogens with zero attached hydrogens (tertiary/aromatic N) is 1. The standard InChI is InChI=1S/C11H14N2S2/c1-11(2,3)13-10-12-8(7-15-10)9-5-4-6-14-9/h4-7H,1-3H3,(H,12,13). The molecule has 0 unspecified atom stereocenters. The third-order valence-electron chi connectivity index (χ3n) is 1.76. The SMILES string of the molecule is CC(C)(C)Nc1nc(-c2cccs2)cs1. The molecule has 0 aliphatic heterocycles. The first-order valence-corrected chi connectivity index (χ1v) is 6.58. The number of anilines is 1. The minimum Gasteiger partial charge on any atom is -0.357 e. The first kappa shape index (κ1) is 10.6. The van der Waals surface area contributed by atoms with Gasteiger partial charge in [-0.1, -0.05) is 6.07 Å². The van der Waals surface area contributed by atoms with E-state index in [1.54, 1.807) is 22.7 Å². The van der Waals surface area contributed by atoms with E-state index in [1.807, 2.05) is 0 Å². The Bertz CT molecular complexity index is 424. The van der Waals surface area contributed by atoms with Crippen LogP contribution in [0.2, 0.25) is 0 Å². The van der Waals surface area contributed by atoms with Gasteiger partial charge in [-0.25, -0.2) is 4.98 Å². The topological polar surface area (TPSA) is 24.9 Å². The predicted molar refractivity (Wildman–Crippen MR) is 68.8 cm³/mol. The van der Waals surface area contributed by atoms with Gasteiger partial charge in [0.2, 0.25) is 0 Å². The molecule has 0 bridgehead atoms. The lowest BCUT2D eigenvalue weighted by atomic mass is 10.1. The molecule has 0 aromatic carbocycles. The van der Waals surface area contributed by atoms with E-state index in [4.69, 9.17) is 0 Å². The van der Waals surface area contributed by atoms with Crippen LogP contribution in [-0.2, 0) is 0 Å². The number of rotatable bonds is 2. The molecule has 0 radical (unpaired) electrons. The van der Waals surface area contributed by atoms with Crippen molar-refractivity contribution < 1.29 is 0 Å². The third-order valence-corrected chi connectivity index (χ3v) is 3.41. The van der Waals surface area contributed by atoms with Gasteiger partial charge in [-0.15, -0.1) is 22.7 Å². The van der Waals surface area contributed by atoms with Gasteiger partial charge < -0.3 is 5.32 Å². The molecule has 0 atom stereocenters. The van der Waals surface area contributed by atoms with Crippen LogP contribution < -0.4 is 5.32 Å². The fourth-order valence-corrected chi connectivity index (χ4v) is 2.87. The molecule has 15 heavy (non-hydrogen) atoms. The molecule has 80 valence electrons. The molecule has 2 heterocycles. The predicted octanol–water partition coefficient (Wildman–Crippen LogP) is 4.08. The molecule has 2 rings (SSSR count). The summed E-state index contributed by atoms with van der Waals surface area (Å²) in [6.45, 7) is 6.41. The van der Waals surface area contributed by atoms with E-state index in [1.165, 1.54) is 4.88 Å². The second kappa shape index (κ2) is 3.94. The van der Waals surface area contributed by atoms with Crippen molar-refractivity contribution in [3.8, 4) is 10.6 Å². The van der Waals surface area contributed by atoms with E-state index < -0.39 is 0 Å². The number of thiophene rings is 1. The second-order valence-electron chi connectivity index (χ2n) is 4.39. The Morgan fingerprint density at radius 1 is 1.27 bits per heavy atom. The Balaban J connectivity index is 2.18. The maximum Gasteiger partial charge on any atom is 0.183 e. The Labute approximate surface area is 98.0 Å². The maximum atomic E-state index is 4.56. The highest BCUT2D eigenvalue weighted by molar-refractivity contribution is 7.15. The van der Waals surface area contributed by atoms with E-state index in [-0.39, 0.29) is 5.54 Å². The Morgan fingerprint density at radius 2 is 2.07 bits per heavy atom. The second-order valence-corrected chi connectivity index (χ2v) is 6.20. The van der Waals surface area contributed by atoms with E-state index in [9.17, 15) is 0 Å². The zero-order valence-corrected chi connectivity index (χ0v) is 10.7. The van der Waals surface area contributed by atoms with Crippen LogP contribution in [0, 0.1) is 0 Å². The summed E-state index contributed by atoms with van der Waals surface area (Å²) in [6.07, 6.45) is 0. The maximum absolute atomic E-state index is 4.56. The molecule has 4 heteroatoms. The highest BCUT2D eigenvalue weighted by atomic mass is 32.1. The summed E-state index contributed by atoms with van der Waals surface area (Å²) in [5.74, 6) is 0. The third kappa shape index (κ3) is 2.79. The fraction of sp³-hybridized carbons (Fsp3) is 0.364. The van der Waals surface area contributed by atoms with Crippen molar-refractivity contribution in [2.24, 2.45) is 0 Å². The highest BCUT2D eigenvalue weighted by Crippen LogP contribution is 2.29. The smallest absolute Gasteiger partial charge is 0.183 e. The summed E-state index contributed by atoms with van der Waals surface area (Å²) in [4.78, 5) is 5.79. The molecule has 0 saturated carbocycles. The van der Waals surface area contributed by atoms with Crippen molar-refractivity contribution in [2.45, 2.75) is 26.3 Å². The molecular formula is C11H14N2S2. The Morgan fingerprint density at radius 3 is 2.67 bits per heavy atom. The van der Waals surface area contributed by atoms with Crippen molar-refractivity contribution in [1.29, 1.82) is 0 Å². The van der Waals surface area contributed by atoms with Crippen LogP contribution in [-0.4, -0.2) is 10.5 Å². The van der Waals surface area contributed by atoms with Gasteiger partial charge in [0.15, 0.2) is 5.13 Å². The monoisotopic (exact) mass is 238 g/mol. The first-order chi connectivity index (χ1) is 7.04. The van der Waals surface area contributed by atoms with Crippen LogP contribution in [0.25, 0.3) is 10.6 Å². The van der Waals surface area contributed by atoms with Crippen LogP contribution in [0.15, 0.2) is 22.9 Å². The minimum atomic E-state index is 0.0740. The molecule has 0 spiro atoms. The van der Waals surface area contributed by atoms with Crippen molar-refractivity contribution in [1.82, 2.24) is 4.98 Å².